The molecule has 1 aromatic carbocycles. The van der Waals surface area contributed by atoms with Crippen LogP contribution >= 0.6 is 12.2 Å². The summed E-state index contributed by atoms with van der Waals surface area (Å²) in [5, 5.41) is 0.242. The fourth-order valence-corrected chi connectivity index (χ4v) is 4.32. The third-order valence-corrected chi connectivity index (χ3v) is 6.50. The maximum Gasteiger partial charge on any atom is 0.269 e. The third kappa shape index (κ3) is 4.31. The van der Waals surface area contributed by atoms with Crippen LogP contribution in [0.3, 0.4) is 0 Å². The lowest BCUT2D eigenvalue weighted by Crippen LogP contribution is -2.55. The molecule has 32 heavy (non-hydrogen) atoms. The minimum atomic E-state index is -0.426. The zero-order valence-corrected chi connectivity index (χ0v) is 20.7. The van der Waals surface area contributed by atoms with Crippen molar-refractivity contribution in [1.82, 2.24) is 9.80 Å². The molecule has 3 rings (SSSR count). The molecule has 1 aromatic rings. The first kappa shape index (κ1) is 24.0. The standard InChI is InChI=1S/C25H33N3O3S/c1-7-10-13-28-24(30)22(23(29)26(6)25(28)32)21-15-19(16(4)5)18-12-11-17(14-20(18)31-21)27(8-2)9-3/h11-12,14-16H,7-10,13H2,1-6H3/b22-21+. The van der Waals surface area contributed by atoms with Gasteiger partial charge in [-0.3, -0.25) is 19.4 Å². The molecule has 0 unspecified atom stereocenters. The van der Waals surface area contributed by atoms with Crippen molar-refractivity contribution < 1.29 is 14.3 Å². The molecular weight excluding hydrogens is 422 g/mol. The monoisotopic (exact) mass is 455 g/mol. The fraction of sp³-hybridized carbons (Fsp3) is 0.480. The van der Waals surface area contributed by atoms with Gasteiger partial charge in [-0.25, -0.2) is 0 Å². The zero-order chi connectivity index (χ0) is 23.6. The molecule has 0 N–H and O–H groups in total. The molecule has 0 saturated carbocycles. The van der Waals surface area contributed by atoms with Gasteiger partial charge in [0.1, 0.15) is 17.1 Å². The number of rotatable bonds is 7. The predicted octanol–water partition coefficient (Wildman–Crippen LogP) is 4.60. The number of thiocarbonyl (C=S) groups is 1. The van der Waals surface area contributed by atoms with Crippen molar-refractivity contribution in [2.45, 2.75) is 47.5 Å². The van der Waals surface area contributed by atoms with Gasteiger partial charge in [-0.1, -0.05) is 27.2 Å². The second-order valence-corrected chi connectivity index (χ2v) is 8.77. The average Bonchev–Trinajstić information content (AvgIpc) is 2.77. The number of allylic oxidation sites excluding steroid dienone is 2. The Labute approximate surface area is 196 Å². The first-order chi connectivity index (χ1) is 15.2. The predicted molar refractivity (Wildman–Crippen MR) is 132 cm³/mol. The lowest BCUT2D eigenvalue weighted by molar-refractivity contribution is -0.133. The molecule has 0 aliphatic carbocycles. The van der Waals surface area contributed by atoms with Crippen LogP contribution in [0, 0.1) is 5.92 Å². The van der Waals surface area contributed by atoms with Gasteiger partial charge >= 0.3 is 0 Å². The van der Waals surface area contributed by atoms with Crippen molar-refractivity contribution in [2.24, 2.45) is 5.92 Å². The highest BCUT2D eigenvalue weighted by Gasteiger charge is 2.40. The molecule has 1 saturated heterocycles. The largest absolute Gasteiger partial charge is 0.456 e. The molecule has 0 aromatic heterocycles. The molecule has 2 heterocycles. The van der Waals surface area contributed by atoms with Gasteiger partial charge in [0.2, 0.25) is 0 Å². The number of ether oxygens (including phenoxy) is 1. The molecule has 172 valence electrons. The van der Waals surface area contributed by atoms with Gasteiger partial charge in [-0.15, -0.1) is 0 Å². The number of hydrogen-bond donors (Lipinski definition) is 0. The number of carbonyl (C=O) groups is 2. The van der Waals surface area contributed by atoms with Crippen LogP contribution in [-0.2, 0) is 9.59 Å². The Morgan fingerprint density at radius 1 is 1.09 bits per heavy atom. The Hall–Kier alpha value is -2.67. The quantitative estimate of drug-likeness (QED) is 0.342. The molecule has 0 radical (unpaired) electrons. The van der Waals surface area contributed by atoms with Gasteiger partial charge < -0.3 is 9.64 Å². The molecule has 7 heteroatoms. The van der Waals surface area contributed by atoms with Crippen molar-refractivity contribution in [2.75, 3.05) is 31.6 Å². The van der Waals surface area contributed by atoms with Gasteiger partial charge in [-0.2, -0.15) is 0 Å². The second-order valence-electron chi connectivity index (χ2n) is 8.41. The van der Waals surface area contributed by atoms with E-state index in [2.05, 4.69) is 51.7 Å². The van der Waals surface area contributed by atoms with E-state index in [1.54, 1.807) is 7.05 Å². The van der Waals surface area contributed by atoms with Gasteiger partial charge in [0, 0.05) is 44.0 Å². The minimum Gasteiger partial charge on any atom is -0.456 e. The molecule has 0 bridgehead atoms. The molecule has 6 nitrogen and oxygen atoms in total. The van der Waals surface area contributed by atoms with Crippen LogP contribution in [0.1, 0.15) is 53.0 Å². The SMILES string of the molecule is CCCCN1C(=O)/C(=C2\C=C(C(C)C)c3ccc(N(CC)CC)cc3O2)C(=O)N(C)C1=S. The fourth-order valence-electron chi connectivity index (χ4n) is 4.06. The maximum absolute atomic E-state index is 13.4. The highest BCUT2D eigenvalue weighted by atomic mass is 32.1. The summed E-state index contributed by atoms with van der Waals surface area (Å²) in [5.41, 5.74) is 3.11. The first-order valence-corrected chi connectivity index (χ1v) is 11.8. The van der Waals surface area contributed by atoms with Crippen molar-refractivity contribution in [1.29, 1.82) is 0 Å². The van der Waals surface area contributed by atoms with Crippen molar-refractivity contribution in [3.63, 3.8) is 0 Å². The summed E-state index contributed by atoms with van der Waals surface area (Å²) in [5.74, 6) is 0.342. The third-order valence-electron chi connectivity index (χ3n) is 6.01. The van der Waals surface area contributed by atoms with E-state index in [9.17, 15) is 9.59 Å². The van der Waals surface area contributed by atoms with E-state index < -0.39 is 5.91 Å². The molecular formula is C25H33N3O3S. The van der Waals surface area contributed by atoms with E-state index in [4.69, 9.17) is 17.0 Å². The lowest BCUT2D eigenvalue weighted by atomic mass is 9.91. The van der Waals surface area contributed by atoms with Crippen LogP contribution < -0.4 is 9.64 Å². The number of hydrogen-bond acceptors (Lipinski definition) is 5. The summed E-state index contributed by atoms with van der Waals surface area (Å²) >= 11 is 5.40. The van der Waals surface area contributed by atoms with Crippen LogP contribution in [-0.4, -0.2) is 53.4 Å². The summed E-state index contributed by atoms with van der Waals surface area (Å²) in [6.45, 7) is 12.7. The van der Waals surface area contributed by atoms with Crippen LogP contribution in [0.15, 0.2) is 35.6 Å². The van der Waals surface area contributed by atoms with Crippen LogP contribution in [0.2, 0.25) is 0 Å². The Balaban J connectivity index is 2.14. The summed E-state index contributed by atoms with van der Waals surface area (Å²) < 4.78 is 6.25. The normalized spacial score (nSPS) is 18.7. The molecule has 2 aliphatic rings. The molecule has 2 amide bonds. The van der Waals surface area contributed by atoms with Crippen molar-refractivity contribution >= 4 is 40.4 Å². The number of benzene rings is 1. The van der Waals surface area contributed by atoms with Crippen molar-refractivity contribution in [3.8, 4) is 5.75 Å². The van der Waals surface area contributed by atoms with E-state index in [1.165, 1.54) is 9.80 Å². The molecule has 0 spiro atoms. The number of likely N-dealkylation sites (N-methyl/N-ethyl adjacent to an activating group) is 1. The number of amides is 2. The van der Waals surface area contributed by atoms with Crippen molar-refractivity contribution in [3.05, 3.63) is 41.2 Å². The summed E-state index contributed by atoms with van der Waals surface area (Å²) in [7, 11) is 1.61. The van der Waals surface area contributed by atoms with E-state index >= 15 is 0 Å². The summed E-state index contributed by atoms with van der Waals surface area (Å²) in [6.07, 6.45) is 3.57. The zero-order valence-electron chi connectivity index (χ0n) is 19.9. The van der Waals surface area contributed by atoms with Crippen LogP contribution in [0.4, 0.5) is 5.69 Å². The summed E-state index contributed by atoms with van der Waals surface area (Å²) in [4.78, 5) is 31.6. The molecule has 0 atom stereocenters. The minimum absolute atomic E-state index is 0.0363. The topological polar surface area (TPSA) is 53.1 Å². The second kappa shape index (κ2) is 9.86. The van der Waals surface area contributed by atoms with Crippen LogP contribution in [0.5, 0.6) is 5.75 Å². The number of unbranched alkanes of at least 4 members (excludes halogenated alkanes) is 1. The highest BCUT2D eigenvalue weighted by molar-refractivity contribution is 7.80. The summed E-state index contributed by atoms with van der Waals surface area (Å²) in [6, 6.07) is 6.16. The number of anilines is 1. The maximum atomic E-state index is 13.4. The first-order valence-electron chi connectivity index (χ1n) is 11.4. The van der Waals surface area contributed by atoms with Gasteiger partial charge in [0.05, 0.1) is 0 Å². The number of carbonyl (C=O) groups excluding carboxylic acids is 2. The number of nitrogens with zero attached hydrogens (tertiary/aromatic N) is 3. The highest BCUT2D eigenvalue weighted by Crippen LogP contribution is 2.40. The van der Waals surface area contributed by atoms with Gasteiger partial charge in [0.25, 0.3) is 11.8 Å². The van der Waals surface area contributed by atoms with E-state index in [0.717, 1.165) is 42.8 Å². The van der Waals surface area contributed by atoms with Gasteiger partial charge in [-0.05, 0) is 62.2 Å². The smallest absolute Gasteiger partial charge is 0.269 e. The van der Waals surface area contributed by atoms with Gasteiger partial charge in [0.15, 0.2) is 5.11 Å². The Morgan fingerprint density at radius 2 is 1.78 bits per heavy atom. The van der Waals surface area contributed by atoms with E-state index in [1.807, 2.05) is 12.1 Å². The van der Waals surface area contributed by atoms with E-state index in [-0.39, 0.29) is 22.5 Å². The molecule has 2 aliphatic heterocycles. The Bertz CT molecular complexity index is 992. The molecule has 1 fully saturated rings. The Morgan fingerprint density at radius 3 is 2.38 bits per heavy atom. The lowest BCUT2D eigenvalue weighted by Gasteiger charge is -2.35. The Kier molecular flexibility index (Phi) is 7.39. The average molecular weight is 456 g/mol. The van der Waals surface area contributed by atoms with Crippen LogP contribution in [0.25, 0.3) is 5.57 Å². The van der Waals surface area contributed by atoms with E-state index in [0.29, 0.717) is 18.1 Å². The number of fused-ring (bicyclic) bond motifs is 1.